The van der Waals surface area contributed by atoms with E-state index in [-0.39, 0.29) is 18.1 Å². The van der Waals surface area contributed by atoms with Crippen LogP contribution in [0.1, 0.15) is 6.42 Å². The SMILES string of the molecule is COC(=O)[C@@H]1C[C@H](Oc2ccccc2I)CN1. The first-order chi connectivity index (χ1) is 8.20. The minimum absolute atomic E-state index is 0.0232. The van der Waals surface area contributed by atoms with Gasteiger partial charge in [0.1, 0.15) is 17.9 Å². The second-order valence-electron chi connectivity index (χ2n) is 3.89. The van der Waals surface area contributed by atoms with Gasteiger partial charge in [0.2, 0.25) is 0 Å². The van der Waals surface area contributed by atoms with E-state index in [2.05, 4.69) is 27.9 Å². The lowest BCUT2D eigenvalue weighted by Crippen LogP contribution is -2.31. The first kappa shape index (κ1) is 12.6. The standard InChI is InChI=1S/C12H14INO3/c1-16-12(15)10-6-8(7-14-10)17-11-5-3-2-4-9(11)13/h2-5,8,10,14H,6-7H2,1H3/t8-,10-/m0/s1. The lowest BCUT2D eigenvalue weighted by Gasteiger charge is -2.13. The van der Waals surface area contributed by atoms with Crippen molar-refractivity contribution in [1.82, 2.24) is 5.32 Å². The van der Waals surface area contributed by atoms with Gasteiger partial charge in [0.05, 0.1) is 10.7 Å². The number of rotatable bonds is 3. The highest BCUT2D eigenvalue weighted by atomic mass is 127. The molecular weight excluding hydrogens is 333 g/mol. The molecule has 2 rings (SSSR count). The van der Waals surface area contributed by atoms with Crippen LogP contribution in [-0.4, -0.2) is 31.8 Å². The van der Waals surface area contributed by atoms with Crippen LogP contribution >= 0.6 is 22.6 Å². The Kier molecular flexibility index (Phi) is 4.22. The minimum Gasteiger partial charge on any atom is -0.488 e. The molecule has 0 bridgehead atoms. The van der Waals surface area contributed by atoms with Crippen LogP contribution in [0.2, 0.25) is 0 Å². The third kappa shape index (κ3) is 3.10. The largest absolute Gasteiger partial charge is 0.488 e. The Morgan fingerprint density at radius 1 is 1.47 bits per heavy atom. The molecule has 4 nitrogen and oxygen atoms in total. The maximum Gasteiger partial charge on any atom is 0.323 e. The minimum atomic E-state index is -0.244. The average Bonchev–Trinajstić information content (AvgIpc) is 2.80. The van der Waals surface area contributed by atoms with Gasteiger partial charge in [0.25, 0.3) is 0 Å². The van der Waals surface area contributed by atoms with Gasteiger partial charge in [0.15, 0.2) is 0 Å². The molecule has 0 spiro atoms. The summed E-state index contributed by atoms with van der Waals surface area (Å²) in [6.07, 6.45) is 0.674. The quantitative estimate of drug-likeness (QED) is 0.666. The van der Waals surface area contributed by atoms with Crippen molar-refractivity contribution in [2.24, 2.45) is 0 Å². The van der Waals surface area contributed by atoms with E-state index in [1.54, 1.807) is 0 Å². The summed E-state index contributed by atoms with van der Waals surface area (Å²) in [4.78, 5) is 11.3. The highest BCUT2D eigenvalue weighted by Crippen LogP contribution is 2.23. The topological polar surface area (TPSA) is 47.6 Å². The summed E-state index contributed by atoms with van der Waals surface area (Å²) in [5, 5.41) is 3.10. The zero-order valence-corrected chi connectivity index (χ0v) is 11.6. The smallest absolute Gasteiger partial charge is 0.323 e. The van der Waals surface area contributed by atoms with Gasteiger partial charge in [0, 0.05) is 13.0 Å². The van der Waals surface area contributed by atoms with E-state index in [1.165, 1.54) is 7.11 Å². The Labute approximate surface area is 114 Å². The second-order valence-corrected chi connectivity index (χ2v) is 5.05. The first-order valence-electron chi connectivity index (χ1n) is 5.43. The Hall–Kier alpha value is -0.820. The number of para-hydroxylation sites is 1. The Morgan fingerprint density at radius 3 is 2.94 bits per heavy atom. The third-order valence-corrected chi connectivity index (χ3v) is 3.60. The molecule has 1 aromatic carbocycles. The summed E-state index contributed by atoms with van der Waals surface area (Å²) in [5.74, 6) is 0.643. The Morgan fingerprint density at radius 2 is 2.24 bits per heavy atom. The molecule has 0 radical (unpaired) electrons. The van der Waals surface area contributed by atoms with Crippen molar-refractivity contribution in [3.63, 3.8) is 0 Å². The van der Waals surface area contributed by atoms with Crippen LogP contribution in [0, 0.1) is 3.57 Å². The van der Waals surface area contributed by atoms with E-state index in [4.69, 9.17) is 9.47 Å². The number of halogens is 1. The predicted octanol–water partition coefficient (Wildman–Crippen LogP) is 1.57. The summed E-state index contributed by atoms with van der Waals surface area (Å²) >= 11 is 2.24. The van der Waals surface area contributed by atoms with E-state index in [1.807, 2.05) is 24.3 Å². The van der Waals surface area contributed by atoms with Gasteiger partial charge in [-0.3, -0.25) is 4.79 Å². The van der Waals surface area contributed by atoms with Gasteiger partial charge >= 0.3 is 5.97 Å². The van der Waals surface area contributed by atoms with Crippen LogP contribution < -0.4 is 10.1 Å². The number of hydrogen-bond acceptors (Lipinski definition) is 4. The van der Waals surface area contributed by atoms with Crippen molar-refractivity contribution in [1.29, 1.82) is 0 Å². The first-order valence-corrected chi connectivity index (χ1v) is 6.51. The van der Waals surface area contributed by atoms with Crippen molar-refractivity contribution >= 4 is 28.6 Å². The van der Waals surface area contributed by atoms with Crippen molar-refractivity contribution in [3.8, 4) is 5.75 Å². The average molecular weight is 347 g/mol. The van der Waals surface area contributed by atoms with Gasteiger partial charge < -0.3 is 14.8 Å². The molecule has 0 amide bonds. The third-order valence-electron chi connectivity index (χ3n) is 2.71. The number of carbonyl (C=O) groups excluding carboxylic acids is 1. The van der Waals surface area contributed by atoms with E-state index in [0.717, 1.165) is 9.32 Å². The number of benzene rings is 1. The summed E-state index contributed by atoms with van der Waals surface area (Å²) in [5.41, 5.74) is 0. The summed E-state index contributed by atoms with van der Waals surface area (Å²) in [7, 11) is 1.40. The molecule has 1 aliphatic heterocycles. The number of hydrogen-bond donors (Lipinski definition) is 1. The fraction of sp³-hybridized carbons (Fsp3) is 0.417. The lowest BCUT2D eigenvalue weighted by atomic mass is 10.2. The lowest BCUT2D eigenvalue weighted by molar-refractivity contribution is -0.142. The summed E-state index contributed by atoms with van der Waals surface area (Å²) in [6, 6.07) is 7.60. The van der Waals surface area contributed by atoms with Crippen molar-refractivity contribution in [2.45, 2.75) is 18.6 Å². The molecule has 2 atom stereocenters. The molecule has 1 N–H and O–H groups in total. The number of methoxy groups -OCH3 is 1. The zero-order chi connectivity index (χ0) is 12.3. The molecule has 0 saturated carbocycles. The van der Waals surface area contributed by atoms with Crippen LogP contribution in [0.3, 0.4) is 0 Å². The summed E-state index contributed by atoms with van der Waals surface area (Å²) < 4.78 is 11.6. The van der Waals surface area contributed by atoms with Crippen LogP contribution in [0.15, 0.2) is 24.3 Å². The molecule has 1 aliphatic rings. The maximum atomic E-state index is 11.3. The van der Waals surface area contributed by atoms with Crippen molar-refractivity contribution in [3.05, 3.63) is 27.8 Å². The zero-order valence-electron chi connectivity index (χ0n) is 9.48. The number of esters is 1. The van der Waals surface area contributed by atoms with Gasteiger partial charge in [-0.1, -0.05) is 12.1 Å². The normalized spacial score (nSPS) is 23.4. The van der Waals surface area contributed by atoms with E-state index >= 15 is 0 Å². The Bertz CT molecular complexity index is 410. The molecule has 0 aromatic heterocycles. The maximum absolute atomic E-state index is 11.3. The van der Waals surface area contributed by atoms with Crippen LogP contribution in [0.4, 0.5) is 0 Å². The molecule has 1 heterocycles. The number of carbonyl (C=O) groups is 1. The van der Waals surface area contributed by atoms with Crippen molar-refractivity contribution in [2.75, 3.05) is 13.7 Å². The molecule has 1 saturated heterocycles. The van der Waals surface area contributed by atoms with E-state index in [9.17, 15) is 4.79 Å². The van der Waals surface area contributed by atoms with Crippen LogP contribution in [-0.2, 0) is 9.53 Å². The molecule has 1 aromatic rings. The number of ether oxygens (including phenoxy) is 2. The van der Waals surface area contributed by atoms with E-state index < -0.39 is 0 Å². The fourth-order valence-electron chi connectivity index (χ4n) is 1.83. The predicted molar refractivity (Wildman–Crippen MR) is 72.0 cm³/mol. The molecule has 0 aliphatic carbocycles. The highest BCUT2D eigenvalue weighted by molar-refractivity contribution is 14.1. The van der Waals surface area contributed by atoms with Crippen LogP contribution in [0.5, 0.6) is 5.75 Å². The monoisotopic (exact) mass is 347 g/mol. The molecule has 1 fully saturated rings. The summed E-state index contributed by atoms with van der Waals surface area (Å²) in [6.45, 7) is 0.671. The van der Waals surface area contributed by atoms with Gasteiger partial charge in [-0.2, -0.15) is 0 Å². The number of nitrogens with one attached hydrogen (secondary N) is 1. The molecule has 92 valence electrons. The second kappa shape index (κ2) is 5.68. The molecule has 0 unspecified atom stereocenters. The van der Waals surface area contributed by atoms with Crippen molar-refractivity contribution < 1.29 is 14.3 Å². The van der Waals surface area contributed by atoms with E-state index in [0.29, 0.717) is 13.0 Å². The fourth-order valence-corrected chi connectivity index (χ4v) is 2.35. The Balaban J connectivity index is 1.94. The van der Waals surface area contributed by atoms with Crippen LogP contribution in [0.25, 0.3) is 0 Å². The molecule has 17 heavy (non-hydrogen) atoms. The molecular formula is C12H14INO3. The van der Waals surface area contributed by atoms with Gasteiger partial charge in [-0.05, 0) is 34.7 Å². The van der Waals surface area contributed by atoms with Gasteiger partial charge in [-0.25, -0.2) is 0 Å². The van der Waals surface area contributed by atoms with Gasteiger partial charge in [-0.15, -0.1) is 0 Å². The molecule has 5 heteroatoms. The highest BCUT2D eigenvalue weighted by Gasteiger charge is 2.31.